The minimum absolute atomic E-state index is 0.0786. The van der Waals surface area contributed by atoms with Gasteiger partial charge in [0.15, 0.2) is 0 Å². The van der Waals surface area contributed by atoms with Gasteiger partial charge in [0.25, 0.3) is 0 Å². The molecule has 0 aliphatic carbocycles. The van der Waals surface area contributed by atoms with Crippen molar-refractivity contribution < 1.29 is 9.59 Å². The smallest absolute Gasteiger partial charge is 0.234 e. The number of hydrogen-bond acceptors (Lipinski definition) is 3. The number of aryl methyl sites for hydroxylation is 1. The predicted molar refractivity (Wildman–Crippen MR) is 125 cm³/mol. The normalized spacial score (nSPS) is 11.0. The van der Waals surface area contributed by atoms with E-state index in [9.17, 15) is 9.59 Å². The molecule has 0 atom stereocenters. The maximum Gasteiger partial charge on any atom is 0.234 e. The zero-order chi connectivity index (χ0) is 21.4. The molecule has 0 spiro atoms. The van der Waals surface area contributed by atoms with E-state index in [0.29, 0.717) is 11.8 Å². The Morgan fingerprint density at radius 1 is 0.828 bits per heavy atom. The molecule has 2 rings (SSSR count). The molecule has 2 N–H and O–H groups in total. The molecule has 0 aromatic heterocycles. The summed E-state index contributed by atoms with van der Waals surface area (Å²) in [6, 6.07) is 14.0. The van der Waals surface area contributed by atoms with Crippen molar-refractivity contribution in [2.75, 3.05) is 22.1 Å². The summed E-state index contributed by atoms with van der Waals surface area (Å²) in [6.07, 6.45) is 0.970. The van der Waals surface area contributed by atoms with Crippen LogP contribution in [-0.2, 0) is 16.0 Å². The SMILES string of the molecule is CCc1ccc(NC(=O)CSCC(=O)Nc2c(C(C)C)cccc2C(C)C)cc1. The van der Waals surface area contributed by atoms with E-state index in [1.165, 1.54) is 17.3 Å². The number of para-hydroxylation sites is 1. The van der Waals surface area contributed by atoms with Crippen LogP contribution in [0.25, 0.3) is 0 Å². The molecule has 2 aromatic rings. The summed E-state index contributed by atoms with van der Waals surface area (Å²) < 4.78 is 0. The number of anilines is 2. The van der Waals surface area contributed by atoms with E-state index in [1.807, 2.05) is 30.3 Å². The Balaban J connectivity index is 1.89. The average Bonchev–Trinajstić information content (AvgIpc) is 2.68. The van der Waals surface area contributed by atoms with Crippen LogP contribution in [0.5, 0.6) is 0 Å². The second kappa shape index (κ2) is 11.1. The molecular formula is C24H32N2O2S. The van der Waals surface area contributed by atoms with Crippen LogP contribution in [0.15, 0.2) is 42.5 Å². The van der Waals surface area contributed by atoms with Gasteiger partial charge in [0, 0.05) is 11.4 Å². The quantitative estimate of drug-likeness (QED) is 0.547. The summed E-state index contributed by atoms with van der Waals surface area (Å²) in [5, 5.41) is 5.96. The molecule has 29 heavy (non-hydrogen) atoms. The Morgan fingerprint density at radius 3 is 1.83 bits per heavy atom. The number of amides is 2. The van der Waals surface area contributed by atoms with Gasteiger partial charge in [0.1, 0.15) is 0 Å². The first-order valence-corrected chi connectivity index (χ1v) is 11.4. The lowest BCUT2D eigenvalue weighted by atomic mass is 9.92. The fourth-order valence-electron chi connectivity index (χ4n) is 3.13. The lowest BCUT2D eigenvalue weighted by Crippen LogP contribution is -2.20. The molecule has 4 nitrogen and oxygen atoms in total. The Morgan fingerprint density at radius 2 is 1.34 bits per heavy atom. The van der Waals surface area contributed by atoms with Crippen molar-refractivity contribution in [3.8, 4) is 0 Å². The Kier molecular flexibility index (Phi) is 8.77. The molecule has 0 unspecified atom stereocenters. The van der Waals surface area contributed by atoms with E-state index in [4.69, 9.17) is 0 Å². The number of carbonyl (C=O) groups excluding carboxylic acids is 2. The minimum atomic E-state index is -0.0995. The molecule has 0 radical (unpaired) electrons. The molecular weight excluding hydrogens is 380 g/mol. The summed E-state index contributed by atoms with van der Waals surface area (Å²) >= 11 is 1.32. The van der Waals surface area contributed by atoms with Gasteiger partial charge >= 0.3 is 0 Å². The molecule has 2 amide bonds. The second-order valence-electron chi connectivity index (χ2n) is 7.76. The molecule has 0 aliphatic heterocycles. The highest BCUT2D eigenvalue weighted by molar-refractivity contribution is 8.00. The summed E-state index contributed by atoms with van der Waals surface area (Å²) in [7, 11) is 0. The fourth-order valence-corrected chi connectivity index (χ4v) is 3.75. The van der Waals surface area contributed by atoms with E-state index >= 15 is 0 Å². The highest BCUT2D eigenvalue weighted by Gasteiger charge is 2.16. The highest BCUT2D eigenvalue weighted by atomic mass is 32.2. The maximum absolute atomic E-state index is 12.5. The third kappa shape index (κ3) is 6.93. The van der Waals surface area contributed by atoms with E-state index in [1.54, 1.807) is 0 Å². The van der Waals surface area contributed by atoms with Crippen LogP contribution >= 0.6 is 11.8 Å². The minimum Gasteiger partial charge on any atom is -0.325 e. The molecule has 0 fully saturated rings. The van der Waals surface area contributed by atoms with Crippen LogP contribution in [0.2, 0.25) is 0 Å². The first-order valence-electron chi connectivity index (χ1n) is 10.2. The van der Waals surface area contributed by atoms with Crippen molar-refractivity contribution in [3.05, 3.63) is 59.2 Å². The average molecular weight is 413 g/mol. The van der Waals surface area contributed by atoms with Gasteiger partial charge in [-0.3, -0.25) is 9.59 Å². The van der Waals surface area contributed by atoms with Crippen molar-refractivity contribution in [2.24, 2.45) is 0 Å². The fraction of sp³-hybridized carbons (Fsp3) is 0.417. The molecule has 0 bridgehead atoms. The van der Waals surface area contributed by atoms with E-state index in [0.717, 1.165) is 28.9 Å². The van der Waals surface area contributed by atoms with Crippen molar-refractivity contribution in [1.29, 1.82) is 0 Å². The van der Waals surface area contributed by atoms with Crippen molar-refractivity contribution >= 4 is 35.0 Å². The van der Waals surface area contributed by atoms with Gasteiger partial charge in [-0.15, -0.1) is 11.8 Å². The summed E-state index contributed by atoms with van der Waals surface area (Å²) in [5.41, 5.74) is 5.22. The van der Waals surface area contributed by atoms with Gasteiger partial charge in [0.05, 0.1) is 11.5 Å². The molecule has 0 heterocycles. The third-order valence-corrected chi connectivity index (χ3v) is 5.68. The van der Waals surface area contributed by atoms with E-state index in [2.05, 4.69) is 57.4 Å². The topological polar surface area (TPSA) is 58.2 Å². The summed E-state index contributed by atoms with van der Waals surface area (Å²) in [5.74, 6) is 0.948. The van der Waals surface area contributed by atoms with Gasteiger partial charge in [-0.1, -0.05) is 65.0 Å². The van der Waals surface area contributed by atoms with Crippen molar-refractivity contribution in [1.82, 2.24) is 0 Å². The first kappa shape index (κ1) is 23.0. The molecule has 0 saturated carbocycles. The monoisotopic (exact) mass is 412 g/mol. The Bertz CT molecular complexity index is 803. The van der Waals surface area contributed by atoms with Gasteiger partial charge in [0.2, 0.25) is 11.8 Å². The van der Waals surface area contributed by atoms with Gasteiger partial charge in [-0.2, -0.15) is 0 Å². The summed E-state index contributed by atoms with van der Waals surface area (Å²) in [6.45, 7) is 10.6. The number of thioether (sulfide) groups is 1. The number of carbonyl (C=O) groups is 2. The Hall–Kier alpha value is -2.27. The lowest BCUT2D eigenvalue weighted by molar-refractivity contribution is -0.114. The van der Waals surface area contributed by atoms with Crippen LogP contribution < -0.4 is 10.6 Å². The van der Waals surface area contributed by atoms with Crippen LogP contribution in [-0.4, -0.2) is 23.3 Å². The molecule has 156 valence electrons. The van der Waals surface area contributed by atoms with Crippen LogP contribution in [0.3, 0.4) is 0 Å². The van der Waals surface area contributed by atoms with Gasteiger partial charge in [-0.05, 0) is 47.1 Å². The van der Waals surface area contributed by atoms with Crippen molar-refractivity contribution in [2.45, 2.75) is 52.9 Å². The third-order valence-electron chi connectivity index (χ3n) is 4.75. The van der Waals surface area contributed by atoms with Crippen LogP contribution in [0.4, 0.5) is 11.4 Å². The van der Waals surface area contributed by atoms with E-state index in [-0.39, 0.29) is 23.3 Å². The van der Waals surface area contributed by atoms with Crippen LogP contribution in [0.1, 0.15) is 63.1 Å². The highest BCUT2D eigenvalue weighted by Crippen LogP contribution is 2.32. The number of hydrogen-bond donors (Lipinski definition) is 2. The molecule has 5 heteroatoms. The standard InChI is InChI=1S/C24H32N2O2S/c1-6-18-10-12-19(13-11-18)25-22(27)14-29-15-23(28)26-24-20(16(2)3)8-7-9-21(24)17(4)5/h7-13,16-17H,6,14-15H2,1-5H3,(H,25,27)(H,26,28). The van der Waals surface area contributed by atoms with Crippen molar-refractivity contribution in [3.63, 3.8) is 0 Å². The first-order chi connectivity index (χ1) is 13.8. The molecule has 0 aliphatic rings. The lowest BCUT2D eigenvalue weighted by Gasteiger charge is -2.20. The number of nitrogens with one attached hydrogen (secondary N) is 2. The second-order valence-corrected chi connectivity index (χ2v) is 8.75. The molecule has 2 aromatic carbocycles. The van der Waals surface area contributed by atoms with E-state index < -0.39 is 0 Å². The Labute approximate surface area is 178 Å². The number of rotatable bonds is 9. The predicted octanol–water partition coefficient (Wildman–Crippen LogP) is 5.81. The van der Waals surface area contributed by atoms with Crippen LogP contribution in [0, 0.1) is 0 Å². The molecule has 0 saturated heterocycles. The van der Waals surface area contributed by atoms with Gasteiger partial charge < -0.3 is 10.6 Å². The zero-order valence-corrected chi connectivity index (χ0v) is 18.9. The maximum atomic E-state index is 12.5. The zero-order valence-electron chi connectivity index (χ0n) is 18.0. The number of benzene rings is 2. The summed E-state index contributed by atoms with van der Waals surface area (Å²) in [4.78, 5) is 24.6. The largest absolute Gasteiger partial charge is 0.325 e. The van der Waals surface area contributed by atoms with Gasteiger partial charge in [-0.25, -0.2) is 0 Å².